The molecule has 0 amide bonds. The van der Waals surface area contributed by atoms with Crippen molar-refractivity contribution in [2.75, 3.05) is 25.6 Å². The molecule has 0 N–H and O–H groups in total. The lowest BCUT2D eigenvalue weighted by Gasteiger charge is -2.20. The Morgan fingerprint density at radius 1 is 1.11 bits per heavy atom. The highest BCUT2D eigenvalue weighted by Gasteiger charge is 2.23. The SMILES string of the molecule is CCN(C)c1cc2c(c(OC)n1)c(=O)n(-c1cnc3cc(F)ccn13)c(=O)n2-c1ccc(F)c(Cl)c1. The van der Waals surface area contributed by atoms with Gasteiger partial charge in [-0.25, -0.2) is 23.1 Å². The van der Waals surface area contributed by atoms with Gasteiger partial charge in [0.15, 0.2) is 0 Å². The van der Waals surface area contributed by atoms with Crippen LogP contribution in [-0.2, 0) is 0 Å². The number of pyridine rings is 2. The minimum Gasteiger partial charge on any atom is -0.480 e. The molecule has 12 heteroatoms. The van der Waals surface area contributed by atoms with Gasteiger partial charge in [-0.1, -0.05) is 11.6 Å². The molecule has 4 heterocycles. The van der Waals surface area contributed by atoms with Crippen LogP contribution in [0.2, 0.25) is 5.02 Å². The summed E-state index contributed by atoms with van der Waals surface area (Å²) in [6, 6.07) is 7.71. The van der Waals surface area contributed by atoms with Gasteiger partial charge in [0, 0.05) is 31.9 Å². The van der Waals surface area contributed by atoms with Crippen molar-refractivity contribution in [2.24, 2.45) is 0 Å². The molecule has 36 heavy (non-hydrogen) atoms. The first-order chi connectivity index (χ1) is 17.2. The van der Waals surface area contributed by atoms with Crippen molar-refractivity contribution in [2.45, 2.75) is 6.92 Å². The van der Waals surface area contributed by atoms with E-state index < -0.39 is 22.9 Å². The molecular formula is C24H19ClF2N6O3. The number of anilines is 1. The van der Waals surface area contributed by atoms with Crippen molar-refractivity contribution in [3.63, 3.8) is 0 Å². The van der Waals surface area contributed by atoms with Crippen LogP contribution in [0.5, 0.6) is 5.88 Å². The molecule has 9 nitrogen and oxygen atoms in total. The average molecular weight is 513 g/mol. The van der Waals surface area contributed by atoms with Gasteiger partial charge < -0.3 is 9.64 Å². The van der Waals surface area contributed by atoms with Crippen molar-refractivity contribution in [1.82, 2.24) is 23.5 Å². The molecule has 0 unspecified atom stereocenters. The van der Waals surface area contributed by atoms with Crippen LogP contribution in [0.4, 0.5) is 14.6 Å². The zero-order chi connectivity index (χ0) is 25.7. The van der Waals surface area contributed by atoms with Gasteiger partial charge in [0.1, 0.15) is 34.3 Å². The van der Waals surface area contributed by atoms with Crippen LogP contribution < -0.4 is 20.9 Å². The molecule has 0 radical (unpaired) electrons. The second-order valence-corrected chi connectivity index (χ2v) is 8.35. The van der Waals surface area contributed by atoms with Crippen LogP contribution in [0.25, 0.3) is 28.1 Å². The van der Waals surface area contributed by atoms with E-state index in [1.807, 2.05) is 6.92 Å². The molecule has 0 aliphatic carbocycles. The minimum absolute atomic E-state index is 0.00265. The van der Waals surface area contributed by atoms with Gasteiger partial charge in [-0.3, -0.25) is 13.8 Å². The van der Waals surface area contributed by atoms with Crippen molar-refractivity contribution in [3.05, 3.63) is 86.3 Å². The lowest BCUT2D eigenvalue weighted by Crippen LogP contribution is -2.39. The fourth-order valence-corrected chi connectivity index (χ4v) is 4.14. The number of rotatable bonds is 5. The molecule has 0 saturated heterocycles. The van der Waals surface area contributed by atoms with Gasteiger partial charge in [-0.15, -0.1) is 0 Å². The topological polar surface area (TPSA) is 86.7 Å². The first-order valence-electron chi connectivity index (χ1n) is 10.8. The van der Waals surface area contributed by atoms with Crippen molar-refractivity contribution in [1.29, 1.82) is 0 Å². The third kappa shape index (κ3) is 3.59. The number of imidazole rings is 1. The van der Waals surface area contributed by atoms with Crippen LogP contribution in [-0.4, -0.2) is 44.2 Å². The van der Waals surface area contributed by atoms with Gasteiger partial charge in [0.25, 0.3) is 5.56 Å². The highest BCUT2D eigenvalue weighted by atomic mass is 35.5. The van der Waals surface area contributed by atoms with Crippen LogP contribution in [0, 0.1) is 11.6 Å². The van der Waals surface area contributed by atoms with Crippen LogP contribution in [0.1, 0.15) is 6.92 Å². The van der Waals surface area contributed by atoms with Crippen LogP contribution in [0.3, 0.4) is 0 Å². The summed E-state index contributed by atoms with van der Waals surface area (Å²) in [7, 11) is 3.16. The Bertz CT molecular complexity index is 1780. The van der Waals surface area contributed by atoms with Gasteiger partial charge in [0.05, 0.1) is 29.5 Å². The number of hydrogen-bond donors (Lipinski definition) is 0. The molecule has 5 aromatic rings. The Kier molecular flexibility index (Phi) is 5.71. The smallest absolute Gasteiger partial charge is 0.342 e. The largest absolute Gasteiger partial charge is 0.480 e. The molecule has 0 aliphatic rings. The predicted molar refractivity (Wildman–Crippen MR) is 132 cm³/mol. The first kappa shape index (κ1) is 23.5. The normalized spacial score (nSPS) is 11.4. The van der Waals surface area contributed by atoms with Crippen molar-refractivity contribution in [3.8, 4) is 17.4 Å². The number of ether oxygens (including phenoxy) is 1. The Hall–Kier alpha value is -4.25. The standard InChI is InChI=1S/C24H19ClF2N6O3/c1-4-30(2)19-11-17-21(22(29-19)36-3)23(34)33(20-12-28-18-9-13(26)7-8-31(18)20)24(35)32(17)14-5-6-16(27)15(25)10-14/h5-12H,4H2,1-3H3. The summed E-state index contributed by atoms with van der Waals surface area (Å²) < 4.78 is 36.7. The van der Waals surface area contributed by atoms with Gasteiger partial charge in [0.2, 0.25) is 5.88 Å². The zero-order valence-electron chi connectivity index (χ0n) is 19.4. The molecule has 5 rings (SSSR count). The number of methoxy groups -OCH3 is 1. The van der Waals surface area contributed by atoms with Crippen LogP contribution >= 0.6 is 11.6 Å². The van der Waals surface area contributed by atoms with E-state index in [2.05, 4.69) is 9.97 Å². The summed E-state index contributed by atoms with van der Waals surface area (Å²) >= 11 is 6.04. The highest BCUT2D eigenvalue weighted by Crippen LogP contribution is 2.28. The number of halogens is 3. The molecule has 0 saturated carbocycles. The Morgan fingerprint density at radius 2 is 1.89 bits per heavy atom. The molecule has 1 aromatic carbocycles. The summed E-state index contributed by atoms with van der Waals surface area (Å²) in [5.41, 5.74) is -0.910. The van der Waals surface area contributed by atoms with E-state index in [9.17, 15) is 18.4 Å². The number of fused-ring (bicyclic) bond motifs is 2. The Balaban J connectivity index is 1.98. The fourth-order valence-electron chi connectivity index (χ4n) is 3.96. The number of benzene rings is 1. The predicted octanol–water partition coefficient (Wildman–Crippen LogP) is 3.58. The fraction of sp³-hybridized carbons (Fsp3) is 0.167. The maximum absolute atomic E-state index is 14.0. The molecule has 4 aromatic heterocycles. The number of aromatic nitrogens is 5. The lowest BCUT2D eigenvalue weighted by molar-refractivity contribution is 0.402. The monoisotopic (exact) mass is 512 g/mol. The average Bonchev–Trinajstić information content (AvgIpc) is 3.27. The molecular weight excluding hydrogens is 494 g/mol. The minimum atomic E-state index is -0.778. The van der Waals surface area contributed by atoms with E-state index in [-0.39, 0.29) is 39.0 Å². The van der Waals surface area contributed by atoms with E-state index in [0.29, 0.717) is 12.4 Å². The summed E-state index contributed by atoms with van der Waals surface area (Å²) in [5, 5.41) is -0.203. The Morgan fingerprint density at radius 3 is 2.58 bits per heavy atom. The second kappa shape index (κ2) is 8.76. The first-order valence-corrected chi connectivity index (χ1v) is 11.2. The third-order valence-corrected chi connectivity index (χ3v) is 6.19. The van der Waals surface area contributed by atoms with E-state index in [1.54, 1.807) is 18.0 Å². The van der Waals surface area contributed by atoms with Crippen LogP contribution in [0.15, 0.2) is 58.4 Å². The second-order valence-electron chi connectivity index (χ2n) is 7.94. The quantitative estimate of drug-likeness (QED) is 0.358. The number of nitrogens with zero attached hydrogens (tertiary/aromatic N) is 6. The van der Waals surface area contributed by atoms with Crippen molar-refractivity contribution >= 4 is 34.0 Å². The summed E-state index contributed by atoms with van der Waals surface area (Å²) in [4.78, 5) is 38.2. The highest BCUT2D eigenvalue weighted by molar-refractivity contribution is 6.30. The van der Waals surface area contributed by atoms with Gasteiger partial charge >= 0.3 is 5.69 Å². The lowest BCUT2D eigenvalue weighted by atomic mass is 10.2. The van der Waals surface area contributed by atoms with Crippen molar-refractivity contribution < 1.29 is 13.5 Å². The molecule has 184 valence electrons. The summed E-state index contributed by atoms with van der Waals surface area (Å²) in [6.45, 7) is 2.50. The molecule has 0 aliphatic heterocycles. The summed E-state index contributed by atoms with van der Waals surface area (Å²) in [5.74, 6) is -0.683. The number of hydrogen-bond acceptors (Lipinski definition) is 6. The van der Waals surface area contributed by atoms with Gasteiger partial charge in [-0.05, 0) is 31.2 Å². The van der Waals surface area contributed by atoms with E-state index in [4.69, 9.17) is 16.3 Å². The molecule has 0 atom stereocenters. The van der Waals surface area contributed by atoms with Gasteiger partial charge in [-0.2, -0.15) is 4.98 Å². The van der Waals surface area contributed by atoms with E-state index in [0.717, 1.165) is 10.6 Å². The Labute approximate surface area is 207 Å². The molecule has 0 spiro atoms. The third-order valence-electron chi connectivity index (χ3n) is 5.90. The van der Waals surface area contributed by atoms with E-state index in [1.165, 1.54) is 52.7 Å². The maximum Gasteiger partial charge on any atom is 0.342 e. The zero-order valence-corrected chi connectivity index (χ0v) is 20.1. The summed E-state index contributed by atoms with van der Waals surface area (Å²) in [6.07, 6.45) is 2.64. The molecule has 0 fully saturated rings. The maximum atomic E-state index is 14.0. The molecule has 0 bridgehead atoms. The van der Waals surface area contributed by atoms with E-state index >= 15 is 0 Å².